The van der Waals surface area contributed by atoms with Crippen molar-refractivity contribution in [2.24, 2.45) is 5.10 Å². The predicted molar refractivity (Wildman–Crippen MR) is 107 cm³/mol. The second kappa shape index (κ2) is 6.44. The molecule has 5 rings (SSSR count). The average molecular weight is 393 g/mol. The number of nitrogens with zero attached hydrogens (tertiary/aromatic N) is 6. The summed E-state index contributed by atoms with van der Waals surface area (Å²) in [5.74, 6) is 1.35. The van der Waals surface area contributed by atoms with E-state index in [1.807, 2.05) is 42.5 Å². The van der Waals surface area contributed by atoms with Gasteiger partial charge in [0.25, 0.3) is 0 Å². The first-order chi connectivity index (χ1) is 13.2. The molecule has 0 saturated heterocycles. The van der Waals surface area contributed by atoms with Crippen LogP contribution in [0, 0.1) is 6.92 Å². The topological polar surface area (TPSA) is 68.8 Å². The van der Waals surface area contributed by atoms with Crippen LogP contribution >= 0.6 is 23.4 Å². The maximum atomic E-state index is 6.00. The van der Waals surface area contributed by atoms with Gasteiger partial charge >= 0.3 is 0 Å². The number of hydrogen-bond acceptors (Lipinski definition) is 6. The van der Waals surface area contributed by atoms with Gasteiger partial charge < -0.3 is 0 Å². The van der Waals surface area contributed by atoms with Crippen molar-refractivity contribution in [2.45, 2.75) is 12.1 Å². The highest BCUT2D eigenvalue weighted by Crippen LogP contribution is 2.30. The number of rotatable bonds is 2. The Balaban J connectivity index is 1.63. The number of aryl methyl sites for hydroxylation is 1. The van der Waals surface area contributed by atoms with Gasteiger partial charge in [0.05, 0.1) is 11.2 Å². The van der Waals surface area contributed by atoms with Gasteiger partial charge in [-0.15, -0.1) is 20.4 Å². The van der Waals surface area contributed by atoms with Crippen molar-refractivity contribution in [3.8, 4) is 11.4 Å². The van der Waals surface area contributed by atoms with E-state index in [4.69, 9.17) is 16.7 Å². The first-order valence-corrected chi connectivity index (χ1v) is 9.71. The molecule has 0 aliphatic carbocycles. The Morgan fingerprint density at radius 2 is 1.78 bits per heavy atom. The SMILES string of the molecule is Cc1c(C2=Nn3c(nnc3-c3ccc(Cl)cc3)SC2)nnc2ccccc12. The maximum Gasteiger partial charge on any atom is 0.212 e. The van der Waals surface area contributed by atoms with Gasteiger partial charge in [-0.3, -0.25) is 0 Å². The zero-order chi connectivity index (χ0) is 18.4. The summed E-state index contributed by atoms with van der Waals surface area (Å²) in [6, 6.07) is 15.5. The van der Waals surface area contributed by atoms with E-state index in [1.54, 1.807) is 16.4 Å². The zero-order valence-corrected chi connectivity index (χ0v) is 15.9. The van der Waals surface area contributed by atoms with Crippen molar-refractivity contribution in [1.29, 1.82) is 0 Å². The third-order valence-electron chi connectivity index (χ3n) is 4.47. The lowest BCUT2D eigenvalue weighted by Gasteiger charge is -2.15. The normalized spacial score (nSPS) is 13.5. The van der Waals surface area contributed by atoms with Crippen LogP contribution in [0.5, 0.6) is 0 Å². The Labute approximate surface area is 164 Å². The highest BCUT2D eigenvalue weighted by Gasteiger charge is 2.23. The van der Waals surface area contributed by atoms with E-state index in [0.29, 0.717) is 16.6 Å². The fraction of sp³-hybridized carbons (Fsp3) is 0.105. The lowest BCUT2D eigenvalue weighted by molar-refractivity contribution is 0.760. The first kappa shape index (κ1) is 16.4. The molecule has 27 heavy (non-hydrogen) atoms. The molecule has 0 spiro atoms. The molecule has 2 aromatic carbocycles. The third kappa shape index (κ3) is 2.79. The zero-order valence-electron chi connectivity index (χ0n) is 14.3. The summed E-state index contributed by atoms with van der Waals surface area (Å²) in [5.41, 5.74) is 4.53. The fourth-order valence-corrected chi connectivity index (χ4v) is 4.02. The standard InChI is InChI=1S/C19H13ClN6S/c1-11-14-4-2-3-5-15(14)21-22-17(11)16-10-27-19-24-23-18(26(19)25-16)12-6-8-13(20)9-7-12/h2-9H,10H2,1H3. The Bertz CT molecular complexity index is 1200. The monoisotopic (exact) mass is 392 g/mol. The second-order valence-electron chi connectivity index (χ2n) is 6.15. The quantitative estimate of drug-likeness (QED) is 0.511. The van der Waals surface area contributed by atoms with E-state index in [-0.39, 0.29) is 0 Å². The lowest BCUT2D eigenvalue weighted by Crippen LogP contribution is -2.17. The summed E-state index contributed by atoms with van der Waals surface area (Å²) >= 11 is 7.58. The summed E-state index contributed by atoms with van der Waals surface area (Å²) in [5, 5.41) is 24.7. The van der Waals surface area contributed by atoms with Gasteiger partial charge in [0, 0.05) is 21.7 Å². The minimum Gasteiger partial charge on any atom is -0.186 e. The van der Waals surface area contributed by atoms with Gasteiger partial charge in [0.15, 0.2) is 5.82 Å². The van der Waals surface area contributed by atoms with Crippen LogP contribution in [0.2, 0.25) is 5.02 Å². The maximum absolute atomic E-state index is 6.00. The van der Waals surface area contributed by atoms with E-state index in [9.17, 15) is 0 Å². The highest BCUT2D eigenvalue weighted by atomic mass is 35.5. The van der Waals surface area contributed by atoms with Gasteiger partial charge in [-0.2, -0.15) is 9.78 Å². The van der Waals surface area contributed by atoms with Gasteiger partial charge in [0.2, 0.25) is 5.16 Å². The van der Waals surface area contributed by atoms with E-state index < -0.39 is 0 Å². The van der Waals surface area contributed by atoms with Crippen LogP contribution in [-0.2, 0) is 0 Å². The number of hydrogen-bond donors (Lipinski definition) is 0. The number of thioether (sulfide) groups is 1. The summed E-state index contributed by atoms with van der Waals surface area (Å²) in [6.07, 6.45) is 0. The molecule has 0 radical (unpaired) electrons. The Kier molecular flexibility index (Phi) is 3.91. The highest BCUT2D eigenvalue weighted by molar-refractivity contribution is 7.99. The first-order valence-electron chi connectivity index (χ1n) is 8.35. The van der Waals surface area contributed by atoms with E-state index in [0.717, 1.165) is 38.6 Å². The largest absolute Gasteiger partial charge is 0.212 e. The predicted octanol–water partition coefficient (Wildman–Crippen LogP) is 4.21. The molecular formula is C19H13ClN6S. The van der Waals surface area contributed by atoms with Gasteiger partial charge in [-0.1, -0.05) is 41.6 Å². The molecule has 0 atom stereocenters. The Morgan fingerprint density at radius 3 is 2.63 bits per heavy atom. The van der Waals surface area contributed by atoms with E-state index in [2.05, 4.69) is 33.4 Å². The number of benzene rings is 2. The van der Waals surface area contributed by atoms with Crippen molar-refractivity contribution in [3.63, 3.8) is 0 Å². The molecule has 0 bridgehead atoms. The molecule has 0 amide bonds. The molecule has 1 aliphatic heterocycles. The van der Waals surface area contributed by atoms with Gasteiger partial charge in [-0.05, 0) is 42.8 Å². The Hall–Kier alpha value is -2.77. The molecule has 1 aliphatic rings. The lowest BCUT2D eigenvalue weighted by atomic mass is 10.1. The van der Waals surface area contributed by atoms with E-state index in [1.165, 1.54) is 0 Å². The number of aromatic nitrogens is 5. The van der Waals surface area contributed by atoms with Crippen molar-refractivity contribution in [1.82, 2.24) is 25.1 Å². The van der Waals surface area contributed by atoms with Gasteiger partial charge in [0.1, 0.15) is 5.69 Å². The summed E-state index contributed by atoms with van der Waals surface area (Å²) in [7, 11) is 0. The van der Waals surface area contributed by atoms with Crippen molar-refractivity contribution in [2.75, 3.05) is 5.75 Å². The van der Waals surface area contributed by atoms with E-state index >= 15 is 0 Å². The second-order valence-corrected chi connectivity index (χ2v) is 7.53. The third-order valence-corrected chi connectivity index (χ3v) is 5.65. The molecule has 132 valence electrons. The van der Waals surface area contributed by atoms with Crippen LogP contribution in [0.25, 0.3) is 22.3 Å². The van der Waals surface area contributed by atoms with Crippen LogP contribution in [0.4, 0.5) is 0 Å². The van der Waals surface area contributed by atoms with Crippen molar-refractivity contribution < 1.29 is 0 Å². The number of fused-ring (bicyclic) bond motifs is 2. The molecule has 4 aromatic rings. The smallest absolute Gasteiger partial charge is 0.186 e. The molecule has 0 fully saturated rings. The van der Waals surface area contributed by atoms with Crippen LogP contribution in [0.1, 0.15) is 11.3 Å². The molecule has 0 N–H and O–H groups in total. The minimum absolute atomic E-state index is 0.673. The molecular weight excluding hydrogens is 380 g/mol. The van der Waals surface area contributed by atoms with Crippen LogP contribution in [0.3, 0.4) is 0 Å². The fourth-order valence-electron chi connectivity index (χ4n) is 3.08. The molecule has 2 aromatic heterocycles. The molecule has 0 unspecified atom stereocenters. The molecule has 8 heteroatoms. The minimum atomic E-state index is 0.673. The van der Waals surface area contributed by atoms with Gasteiger partial charge in [-0.25, -0.2) is 0 Å². The summed E-state index contributed by atoms with van der Waals surface area (Å²) in [4.78, 5) is 0. The van der Waals surface area contributed by atoms with Crippen molar-refractivity contribution >= 4 is 40.0 Å². The average Bonchev–Trinajstić information content (AvgIpc) is 3.12. The summed E-state index contributed by atoms with van der Waals surface area (Å²) < 4.78 is 1.77. The molecule has 0 saturated carbocycles. The molecule has 6 nitrogen and oxygen atoms in total. The number of halogens is 1. The van der Waals surface area contributed by atoms with Crippen LogP contribution in [0.15, 0.2) is 58.8 Å². The Morgan fingerprint density at radius 1 is 0.963 bits per heavy atom. The molecule has 3 heterocycles. The van der Waals surface area contributed by atoms with Crippen LogP contribution in [-0.4, -0.2) is 36.5 Å². The summed E-state index contributed by atoms with van der Waals surface area (Å²) in [6.45, 7) is 2.06. The van der Waals surface area contributed by atoms with Crippen molar-refractivity contribution in [3.05, 3.63) is 64.8 Å². The van der Waals surface area contributed by atoms with Crippen LogP contribution < -0.4 is 0 Å².